The fourth-order valence-electron chi connectivity index (χ4n) is 1.42. The van der Waals surface area contributed by atoms with Gasteiger partial charge in [0.05, 0.1) is 9.26 Å². The third kappa shape index (κ3) is 2.57. The third-order valence-corrected chi connectivity index (χ3v) is 3.45. The largest absolute Gasteiger partial charge is 0.383 e. The van der Waals surface area contributed by atoms with Gasteiger partial charge in [-0.2, -0.15) is 0 Å². The van der Waals surface area contributed by atoms with Gasteiger partial charge in [-0.25, -0.2) is 9.97 Å². The van der Waals surface area contributed by atoms with Crippen LogP contribution in [-0.2, 0) is 11.3 Å². The van der Waals surface area contributed by atoms with Crippen LogP contribution in [0.15, 0.2) is 0 Å². The predicted molar refractivity (Wildman–Crippen MR) is 66.5 cm³/mol. The first-order valence-corrected chi connectivity index (χ1v) is 6.19. The molecule has 15 heavy (non-hydrogen) atoms. The second-order valence-corrected chi connectivity index (χ2v) is 4.71. The minimum atomic E-state index is 0.456. The van der Waals surface area contributed by atoms with E-state index in [-0.39, 0.29) is 0 Å². The minimum absolute atomic E-state index is 0.456. The Morgan fingerprint density at radius 3 is 2.80 bits per heavy atom. The third-order valence-electron chi connectivity index (χ3n) is 2.35. The van der Waals surface area contributed by atoms with Gasteiger partial charge in [0.1, 0.15) is 12.4 Å². The minimum Gasteiger partial charge on any atom is -0.383 e. The molecule has 0 amide bonds. The highest BCUT2D eigenvalue weighted by Gasteiger charge is 2.28. The van der Waals surface area contributed by atoms with Gasteiger partial charge in [0.2, 0.25) is 0 Å². The smallest absolute Gasteiger partial charge is 0.156 e. The Morgan fingerprint density at radius 2 is 2.20 bits per heavy atom. The molecule has 1 aliphatic rings. The van der Waals surface area contributed by atoms with E-state index in [1.54, 1.807) is 0 Å². The fraction of sp³-hybridized carbons (Fsp3) is 0.600. The number of ether oxygens (including phenoxy) is 1. The van der Waals surface area contributed by atoms with E-state index in [9.17, 15) is 0 Å². The van der Waals surface area contributed by atoms with Gasteiger partial charge >= 0.3 is 0 Å². The zero-order chi connectivity index (χ0) is 10.8. The Bertz CT molecular complexity index is 366. The monoisotopic (exact) mass is 319 g/mol. The maximum atomic E-state index is 5.84. The highest BCUT2D eigenvalue weighted by atomic mass is 127. The summed E-state index contributed by atoms with van der Waals surface area (Å²) in [7, 11) is 0. The van der Waals surface area contributed by atoms with Crippen molar-refractivity contribution < 1.29 is 4.74 Å². The molecular weight excluding hydrogens is 305 g/mol. The van der Waals surface area contributed by atoms with E-state index in [0.717, 1.165) is 9.26 Å². The summed E-state index contributed by atoms with van der Waals surface area (Å²) in [6, 6.07) is 0. The Hall–Kier alpha value is -0.430. The number of nitrogens with two attached hydrogens (primary N) is 1. The maximum Gasteiger partial charge on any atom is 0.156 e. The average molecular weight is 319 g/mol. The molecule has 0 aliphatic heterocycles. The first-order valence-electron chi connectivity index (χ1n) is 5.12. The van der Waals surface area contributed by atoms with Crippen molar-refractivity contribution in [3.05, 3.63) is 15.1 Å². The molecule has 0 aromatic carbocycles. The molecule has 0 saturated heterocycles. The van der Waals surface area contributed by atoms with Gasteiger partial charge in [-0.15, -0.1) is 0 Å². The van der Waals surface area contributed by atoms with E-state index < -0.39 is 0 Å². The molecule has 0 radical (unpaired) electrons. The van der Waals surface area contributed by atoms with Gasteiger partial charge in [-0.05, 0) is 42.4 Å². The van der Waals surface area contributed by atoms with Crippen LogP contribution in [0.4, 0.5) is 5.82 Å². The van der Waals surface area contributed by atoms with Gasteiger partial charge in [0, 0.05) is 12.5 Å². The molecule has 0 bridgehead atoms. The van der Waals surface area contributed by atoms with Gasteiger partial charge in [-0.1, -0.05) is 0 Å². The number of rotatable bonds is 4. The molecule has 1 heterocycles. The van der Waals surface area contributed by atoms with Crippen molar-refractivity contribution in [1.82, 2.24) is 9.97 Å². The molecule has 1 fully saturated rings. The number of hydrogen-bond donors (Lipinski definition) is 1. The van der Waals surface area contributed by atoms with Crippen molar-refractivity contribution in [3.63, 3.8) is 0 Å². The highest BCUT2D eigenvalue weighted by molar-refractivity contribution is 14.1. The van der Waals surface area contributed by atoms with Crippen LogP contribution in [0.2, 0.25) is 0 Å². The van der Waals surface area contributed by atoms with Crippen LogP contribution in [0.5, 0.6) is 0 Å². The molecule has 1 aliphatic carbocycles. The highest BCUT2D eigenvalue weighted by Crippen LogP contribution is 2.41. The molecule has 5 heteroatoms. The van der Waals surface area contributed by atoms with E-state index in [0.29, 0.717) is 30.8 Å². The summed E-state index contributed by atoms with van der Waals surface area (Å²) in [6.45, 7) is 3.09. The molecule has 4 nitrogen and oxygen atoms in total. The Kier molecular flexibility index (Phi) is 3.40. The molecular formula is C10H14IN3O. The summed E-state index contributed by atoms with van der Waals surface area (Å²) in [4.78, 5) is 8.72. The Labute approximate surface area is 103 Å². The summed E-state index contributed by atoms with van der Waals surface area (Å²) in [6.07, 6.45) is 2.45. The summed E-state index contributed by atoms with van der Waals surface area (Å²) in [5.74, 6) is 1.89. The summed E-state index contributed by atoms with van der Waals surface area (Å²) < 4.78 is 6.30. The molecule has 2 rings (SSSR count). The zero-order valence-corrected chi connectivity index (χ0v) is 10.8. The molecule has 0 spiro atoms. The van der Waals surface area contributed by atoms with E-state index in [1.807, 2.05) is 6.92 Å². The molecule has 0 atom stereocenters. The molecule has 0 unspecified atom stereocenters. The van der Waals surface area contributed by atoms with Crippen LogP contribution >= 0.6 is 22.6 Å². The van der Waals surface area contributed by atoms with E-state index in [2.05, 4.69) is 32.6 Å². The number of hydrogen-bond acceptors (Lipinski definition) is 4. The normalized spacial score (nSPS) is 15.6. The number of aromatic nitrogens is 2. The van der Waals surface area contributed by atoms with Gasteiger partial charge < -0.3 is 10.5 Å². The maximum absolute atomic E-state index is 5.84. The van der Waals surface area contributed by atoms with Crippen LogP contribution in [0.3, 0.4) is 0 Å². The lowest BCUT2D eigenvalue weighted by molar-refractivity contribution is 0.128. The quantitative estimate of drug-likeness (QED) is 0.863. The SMILES string of the molecule is CCOCc1nc(N)c(I)c(C2CC2)n1. The van der Waals surface area contributed by atoms with E-state index in [4.69, 9.17) is 10.5 Å². The van der Waals surface area contributed by atoms with Crippen LogP contribution < -0.4 is 5.73 Å². The standard InChI is InChI=1S/C10H14IN3O/c1-2-15-5-7-13-9(6-3-4-6)8(11)10(12)14-7/h6H,2-5H2,1H3,(H2,12,13,14). The van der Waals surface area contributed by atoms with Crippen LogP contribution in [0, 0.1) is 3.57 Å². The Balaban J connectivity index is 2.24. The zero-order valence-electron chi connectivity index (χ0n) is 8.66. The molecule has 82 valence electrons. The molecule has 2 N–H and O–H groups in total. The molecule has 1 aromatic heterocycles. The van der Waals surface area contributed by atoms with Crippen molar-refractivity contribution in [2.45, 2.75) is 32.3 Å². The number of anilines is 1. The van der Waals surface area contributed by atoms with Gasteiger partial charge in [0.15, 0.2) is 5.82 Å². The second kappa shape index (κ2) is 4.61. The summed E-state index contributed by atoms with van der Waals surface area (Å²) >= 11 is 2.22. The summed E-state index contributed by atoms with van der Waals surface area (Å²) in [5.41, 5.74) is 6.95. The van der Waals surface area contributed by atoms with E-state index in [1.165, 1.54) is 12.8 Å². The first kappa shape index (κ1) is 11.1. The van der Waals surface area contributed by atoms with E-state index >= 15 is 0 Å². The van der Waals surface area contributed by atoms with Crippen molar-refractivity contribution in [2.24, 2.45) is 0 Å². The Morgan fingerprint density at radius 1 is 1.47 bits per heavy atom. The first-order chi connectivity index (χ1) is 7.22. The molecule has 1 saturated carbocycles. The second-order valence-electron chi connectivity index (χ2n) is 3.64. The lowest BCUT2D eigenvalue weighted by Crippen LogP contribution is -2.08. The van der Waals surface area contributed by atoms with Crippen molar-refractivity contribution in [3.8, 4) is 0 Å². The predicted octanol–water partition coefficient (Wildman–Crippen LogP) is 2.08. The van der Waals surface area contributed by atoms with Crippen molar-refractivity contribution in [1.29, 1.82) is 0 Å². The lowest BCUT2D eigenvalue weighted by Gasteiger charge is -2.07. The average Bonchev–Trinajstić information content (AvgIpc) is 3.03. The van der Waals surface area contributed by atoms with Crippen LogP contribution in [0.25, 0.3) is 0 Å². The van der Waals surface area contributed by atoms with Crippen molar-refractivity contribution in [2.75, 3.05) is 12.3 Å². The number of nitrogen functional groups attached to an aromatic ring is 1. The van der Waals surface area contributed by atoms with Crippen molar-refractivity contribution >= 4 is 28.4 Å². The number of halogens is 1. The lowest BCUT2D eigenvalue weighted by atomic mass is 10.3. The van der Waals surface area contributed by atoms with Gasteiger partial charge in [0.25, 0.3) is 0 Å². The number of nitrogens with zero attached hydrogens (tertiary/aromatic N) is 2. The topological polar surface area (TPSA) is 61.0 Å². The molecule has 1 aromatic rings. The van der Waals surface area contributed by atoms with Crippen LogP contribution in [0.1, 0.15) is 37.2 Å². The van der Waals surface area contributed by atoms with Crippen LogP contribution in [-0.4, -0.2) is 16.6 Å². The van der Waals surface area contributed by atoms with Gasteiger partial charge in [-0.3, -0.25) is 0 Å². The summed E-state index contributed by atoms with van der Waals surface area (Å²) in [5, 5.41) is 0. The fourth-order valence-corrected chi connectivity index (χ4v) is 2.10.